The van der Waals surface area contributed by atoms with E-state index < -0.39 is 0 Å². The Morgan fingerprint density at radius 1 is 1.41 bits per heavy atom. The van der Waals surface area contributed by atoms with Crippen LogP contribution < -0.4 is 10.2 Å². The van der Waals surface area contributed by atoms with Crippen LogP contribution in [0.4, 0.5) is 10.1 Å². The largest absolute Gasteiger partial charge is 0.368 e. The standard InChI is InChI=1S/C13H18BrFN2/c1-9-6-10(14)11(15)7-12(9)17-5-4-16-13(2,3)8-17/h6-7,16H,4-5,8H2,1-3H3. The highest BCUT2D eigenvalue weighted by Gasteiger charge is 2.26. The lowest BCUT2D eigenvalue weighted by Gasteiger charge is -2.41. The van der Waals surface area contributed by atoms with E-state index in [0.717, 1.165) is 30.9 Å². The van der Waals surface area contributed by atoms with Crippen LogP contribution in [0.1, 0.15) is 19.4 Å². The van der Waals surface area contributed by atoms with Gasteiger partial charge in [-0.3, -0.25) is 0 Å². The summed E-state index contributed by atoms with van der Waals surface area (Å²) in [5.41, 5.74) is 2.19. The van der Waals surface area contributed by atoms with Gasteiger partial charge in [0.25, 0.3) is 0 Å². The summed E-state index contributed by atoms with van der Waals surface area (Å²) < 4.78 is 14.2. The molecule has 94 valence electrons. The van der Waals surface area contributed by atoms with E-state index >= 15 is 0 Å². The number of halogens is 2. The van der Waals surface area contributed by atoms with Gasteiger partial charge >= 0.3 is 0 Å². The Kier molecular flexibility index (Phi) is 3.46. The number of nitrogens with zero attached hydrogens (tertiary/aromatic N) is 1. The molecule has 1 aliphatic heterocycles. The number of benzene rings is 1. The number of anilines is 1. The van der Waals surface area contributed by atoms with Crippen molar-refractivity contribution in [1.82, 2.24) is 5.32 Å². The first kappa shape index (κ1) is 12.8. The van der Waals surface area contributed by atoms with E-state index in [-0.39, 0.29) is 11.4 Å². The molecule has 0 aromatic heterocycles. The van der Waals surface area contributed by atoms with Gasteiger partial charge in [-0.1, -0.05) is 0 Å². The van der Waals surface area contributed by atoms with E-state index in [1.165, 1.54) is 0 Å². The van der Waals surface area contributed by atoms with E-state index in [0.29, 0.717) is 4.47 Å². The lowest BCUT2D eigenvalue weighted by Crippen LogP contribution is -2.57. The number of hydrogen-bond acceptors (Lipinski definition) is 2. The van der Waals surface area contributed by atoms with Crippen LogP contribution in [0.2, 0.25) is 0 Å². The quantitative estimate of drug-likeness (QED) is 0.857. The van der Waals surface area contributed by atoms with Gasteiger partial charge in [0.15, 0.2) is 0 Å². The molecule has 0 spiro atoms. The lowest BCUT2D eigenvalue weighted by atomic mass is 10.0. The molecular weight excluding hydrogens is 283 g/mol. The number of piperazine rings is 1. The molecule has 1 heterocycles. The van der Waals surface area contributed by atoms with Crippen molar-refractivity contribution in [3.8, 4) is 0 Å². The van der Waals surface area contributed by atoms with Crippen LogP contribution in [0, 0.1) is 12.7 Å². The molecule has 0 amide bonds. The van der Waals surface area contributed by atoms with Crippen molar-refractivity contribution in [2.75, 3.05) is 24.5 Å². The first-order chi connectivity index (χ1) is 7.89. The normalized spacial score (nSPS) is 19.5. The summed E-state index contributed by atoms with van der Waals surface area (Å²) in [7, 11) is 0. The number of aryl methyl sites for hydroxylation is 1. The van der Waals surface area contributed by atoms with Crippen LogP contribution in [0.25, 0.3) is 0 Å². The SMILES string of the molecule is Cc1cc(Br)c(F)cc1N1CCNC(C)(C)C1. The molecule has 4 heteroatoms. The molecule has 1 fully saturated rings. The van der Waals surface area contributed by atoms with E-state index in [1.54, 1.807) is 6.07 Å². The molecule has 0 saturated carbocycles. The van der Waals surface area contributed by atoms with Crippen molar-refractivity contribution in [3.05, 3.63) is 28.0 Å². The van der Waals surface area contributed by atoms with Gasteiger partial charge in [-0.05, 0) is 54.4 Å². The van der Waals surface area contributed by atoms with Crippen LogP contribution in [0.5, 0.6) is 0 Å². The van der Waals surface area contributed by atoms with Crippen molar-refractivity contribution in [2.24, 2.45) is 0 Å². The fourth-order valence-corrected chi connectivity index (χ4v) is 2.78. The number of hydrogen-bond donors (Lipinski definition) is 1. The van der Waals surface area contributed by atoms with Crippen molar-refractivity contribution in [1.29, 1.82) is 0 Å². The summed E-state index contributed by atoms with van der Waals surface area (Å²) in [6.07, 6.45) is 0. The summed E-state index contributed by atoms with van der Waals surface area (Å²) in [5, 5.41) is 3.46. The zero-order valence-corrected chi connectivity index (χ0v) is 12.1. The first-order valence-electron chi connectivity index (χ1n) is 5.85. The molecule has 0 bridgehead atoms. The predicted molar refractivity (Wildman–Crippen MR) is 73.1 cm³/mol. The lowest BCUT2D eigenvalue weighted by molar-refractivity contribution is 0.352. The Morgan fingerprint density at radius 3 is 2.76 bits per heavy atom. The van der Waals surface area contributed by atoms with Gasteiger partial charge in [-0.15, -0.1) is 0 Å². The molecular formula is C13H18BrFN2. The summed E-state index contributed by atoms with van der Waals surface area (Å²) >= 11 is 3.22. The molecule has 17 heavy (non-hydrogen) atoms. The highest BCUT2D eigenvalue weighted by atomic mass is 79.9. The third-order valence-electron chi connectivity index (χ3n) is 3.15. The molecule has 2 nitrogen and oxygen atoms in total. The van der Waals surface area contributed by atoms with Gasteiger partial charge in [0.05, 0.1) is 4.47 Å². The fraction of sp³-hybridized carbons (Fsp3) is 0.538. The maximum absolute atomic E-state index is 13.6. The van der Waals surface area contributed by atoms with Crippen molar-refractivity contribution >= 4 is 21.6 Å². The third kappa shape index (κ3) is 2.80. The van der Waals surface area contributed by atoms with Crippen LogP contribution in [-0.4, -0.2) is 25.2 Å². The Hall–Kier alpha value is -0.610. The molecule has 0 radical (unpaired) electrons. The zero-order valence-electron chi connectivity index (χ0n) is 10.5. The maximum Gasteiger partial charge on any atom is 0.139 e. The van der Waals surface area contributed by atoms with E-state index in [2.05, 4.69) is 40.0 Å². The monoisotopic (exact) mass is 300 g/mol. The molecule has 2 rings (SSSR count). The average molecular weight is 301 g/mol. The summed E-state index contributed by atoms with van der Waals surface area (Å²) in [6.45, 7) is 9.12. The van der Waals surface area contributed by atoms with Crippen molar-refractivity contribution in [2.45, 2.75) is 26.3 Å². The summed E-state index contributed by atoms with van der Waals surface area (Å²) in [4.78, 5) is 2.25. The van der Waals surface area contributed by atoms with E-state index in [1.807, 2.05) is 13.0 Å². The van der Waals surface area contributed by atoms with Gasteiger partial charge in [0.2, 0.25) is 0 Å². The minimum absolute atomic E-state index is 0.0776. The Morgan fingerprint density at radius 2 is 2.12 bits per heavy atom. The van der Waals surface area contributed by atoms with E-state index in [9.17, 15) is 4.39 Å². The van der Waals surface area contributed by atoms with Gasteiger partial charge < -0.3 is 10.2 Å². The molecule has 0 atom stereocenters. The van der Waals surface area contributed by atoms with Gasteiger partial charge in [-0.25, -0.2) is 4.39 Å². The van der Waals surface area contributed by atoms with Gasteiger partial charge in [0, 0.05) is 30.9 Å². The summed E-state index contributed by atoms with van der Waals surface area (Å²) in [5.74, 6) is -0.193. The zero-order chi connectivity index (χ0) is 12.6. The molecule has 0 aliphatic carbocycles. The third-order valence-corrected chi connectivity index (χ3v) is 3.76. The highest BCUT2D eigenvalue weighted by molar-refractivity contribution is 9.10. The topological polar surface area (TPSA) is 15.3 Å². The van der Waals surface area contributed by atoms with E-state index in [4.69, 9.17) is 0 Å². The fourth-order valence-electron chi connectivity index (χ4n) is 2.32. The first-order valence-corrected chi connectivity index (χ1v) is 6.64. The second-order valence-electron chi connectivity index (χ2n) is 5.29. The average Bonchev–Trinajstić information content (AvgIpc) is 2.22. The summed E-state index contributed by atoms with van der Waals surface area (Å²) in [6, 6.07) is 3.47. The Balaban J connectivity index is 2.31. The minimum atomic E-state index is -0.193. The Bertz CT molecular complexity index is 432. The highest BCUT2D eigenvalue weighted by Crippen LogP contribution is 2.28. The van der Waals surface area contributed by atoms with Gasteiger partial charge in [-0.2, -0.15) is 0 Å². The Labute approximate surface area is 110 Å². The van der Waals surface area contributed by atoms with Crippen molar-refractivity contribution in [3.63, 3.8) is 0 Å². The smallest absolute Gasteiger partial charge is 0.139 e. The molecule has 0 unspecified atom stereocenters. The maximum atomic E-state index is 13.6. The number of nitrogens with one attached hydrogen (secondary N) is 1. The predicted octanol–water partition coefficient (Wildman–Crippen LogP) is 3.08. The van der Waals surface area contributed by atoms with Crippen LogP contribution in [0.15, 0.2) is 16.6 Å². The second-order valence-corrected chi connectivity index (χ2v) is 6.14. The van der Waals surface area contributed by atoms with Crippen LogP contribution in [-0.2, 0) is 0 Å². The molecule has 1 aliphatic rings. The van der Waals surface area contributed by atoms with Crippen LogP contribution in [0.3, 0.4) is 0 Å². The molecule has 1 aromatic rings. The molecule has 1 aromatic carbocycles. The van der Waals surface area contributed by atoms with Crippen molar-refractivity contribution < 1.29 is 4.39 Å². The molecule has 1 saturated heterocycles. The number of rotatable bonds is 1. The second kappa shape index (κ2) is 4.58. The molecule has 1 N–H and O–H groups in total. The van der Waals surface area contributed by atoms with Crippen LogP contribution >= 0.6 is 15.9 Å². The van der Waals surface area contributed by atoms with Gasteiger partial charge in [0.1, 0.15) is 5.82 Å². The minimum Gasteiger partial charge on any atom is -0.368 e.